The molecule has 1 heterocycles. The lowest BCUT2D eigenvalue weighted by molar-refractivity contribution is -0.173. The van der Waals surface area contributed by atoms with Gasteiger partial charge in [0.15, 0.2) is 0 Å². The summed E-state index contributed by atoms with van der Waals surface area (Å²) in [5.74, 6) is 0.157. The minimum atomic E-state index is -0.448. The first-order valence-electron chi connectivity index (χ1n) is 3.16. The zero-order chi connectivity index (χ0) is 6.85. The molecule has 0 radical (unpaired) electrons. The standard InChI is InChI=1S/C6H12O3/c1-4(8)6-5(2-7)3-9-6/h4-8H,2-3H2,1H3. The van der Waals surface area contributed by atoms with Gasteiger partial charge in [0.1, 0.15) is 0 Å². The Hall–Kier alpha value is -0.120. The van der Waals surface area contributed by atoms with E-state index in [4.69, 9.17) is 14.9 Å². The molecule has 0 bridgehead atoms. The van der Waals surface area contributed by atoms with Crippen molar-refractivity contribution in [3.8, 4) is 0 Å². The van der Waals surface area contributed by atoms with Crippen LogP contribution in [0.4, 0.5) is 0 Å². The molecule has 0 aromatic carbocycles. The third-order valence-electron chi connectivity index (χ3n) is 1.68. The van der Waals surface area contributed by atoms with Crippen LogP contribution in [0.25, 0.3) is 0 Å². The van der Waals surface area contributed by atoms with Crippen molar-refractivity contribution in [2.24, 2.45) is 5.92 Å². The number of rotatable bonds is 2. The molecule has 0 aromatic heterocycles. The highest BCUT2D eigenvalue weighted by atomic mass is 16.5. The Kier molecular flexibility index (Phi) is 2.05. The first-order valence-corrected chi connectivity index (χ1v) is 3.16. The molecule has 2 N–H and O–H groups in total. The molecule has 3 nitrogen and oxygen atoms in total. The van der Waals surface area contributed by atoms with E-state index in [-0.39, 0.29) is 18.6 Å². The van der Waals surface area contributed by atoms with Crippen LogP contribution in [0.1, 0.15) is 6.92 Å². The van der Waals surface area contributed by atoms with Crippen molar-refractivity contribution in [2.45, 2.75) is 19.1 Å². The number of aliphatic hydroxyl groups excluding tert-OH is 2. The van der Waals surface area contributed by atoms with Crippen LogP contribution in [-0.2, 0) is 4.74 Å². The SMILES string of the molecule is CC(O)C1OCC1CO. The van der Waals surface area contributed by atoms with Crippen molar-refractivity contribution in [1.29, 1.82) is 0 Å². The molecule has 0 saturated carbocycles. The minimum absolute atomic E-state index is 0.121. The summed E-state index contributed by atoms with van der Waals surface area (Å²) in [6.45, 7) is 2.38. The fourth-order valence-corrected chi connectivity index (χ4v) is 1.03. The summed E-state index contributed by atoms with van der Waals surface area (Å²) in [5.41, 5.74) is 0. The van der Waals surface area contributed by atoms with E-state index in [0.29, 0.717) is 6.61 Å². The highest BCUT2D eigenvalue weighted by Gasteiger charge is 2.34. The quantitative estimate of drug-likeness (QED) is 0.526. The highest BCUT2D eigenvalue weighted by Crippen LogP contribution is 2.22. The lowest BCUT2D eigenvalue weighted by Crippen LogP contribution is -2.48. The van der Waals surface area contributed by atoms with Crippen molar-refractivity contribution in [2.75, 3.05) is 13.2 Å². The third-order valence-corrected chi connectivity index (χ3v) is 1.68. The first kappa shape index (κ1) is 6.99. The fraction of sp³-hybridized carbons (Fsp3) is 1.00. The molecule has 1 aliphatic rings. The lowest BCUT2D eigenvalue weighted by Gasteiger charge is -2.37. The molecule has 1 fully saturated rings. The van der Waals surface area contributed by atoms with Gasteiger partial charge in [-0.15, -0.1) is 0 Å². The molecule has 1 saturated heterocycles. The van der Waals surface area contributed by atoms with Crippen LogP contribution in [-0.4, -0.2) is 35.6 Å². The van der Waals surface area contributed by atoms with E-state index in [2.05, 4.69) is 0 Å². The van der Waals surface area contributed by atoms with Gasteiger partial charge in [0.25, 0.3) is 0 Å². The second kappa shape index (κ2) is 2.64. The van der Waals surface area contributed by atoms with Crippen LogP contribution in [0.3, 0.4) is 0 Å². The van der Waals surface area contributed by atoms with Crippen LogP contribution in [0.15, 0.2) is 0 Å². The van der Waals surface area contributed by atoms with Crippen LogP contribution >= 0.6 is 0 Å². The summed E-state index contributed by atoms with van der Waals surface area (Å²) in [7, 11) is 0. The van der Waals surface area contributed by atoms with Crippen LogP contribution in [0.2, 0.25) is 0 Å². The predicted octanol–water partition coefficient (Wildman–Crippen LogP) is -0.626. The van der Waals surface area contributed by atoms with Gasteiger partial charge >= 0.3 is 0 Å². The normalized spacial score (nSPS) is 37.7. The fourth-order valence-electron chi connectivity index (χ4n) is 1.03. The van der Waals surface area contributed by atoms with Gasteiger partial charge in [-0.05, 0) is 6.92 Å². The summed E-state index contributed by atoms with van der Waals surface area (Å²) in [6.07, 6.45) is -0.578. The summed E-state index contributed by atoms with van der Waals surface area (Å²) < 4.78 is 4.99. The molecule has 3 atom stereocenters. The van der Waals surface area contributed by atoms with E-state index in [1.165, 1.54) is 0 Å². The van der Waals surface area contributed by atoms with E-state index in [1.807, 2.05) is 0 Å². The second-order valence-corrected chi connectivity index (χ2v) is 2.48. The number of aliphatic hydroxyl groups is 2. The smallest absolute Gasteiger partial charge is 0.0903 e. The van der Waals surface area contributed by atoms with E-state index in [1.54, 1.807) is 6.92 Å². The maximum Gasteiger partial charge on any atom is 0.0903 e. The monoisotopic (exact) mass is 132 g/mol. The Balaban J connectivity index is 2.27. The maximum atomic E-state index is 8.94. The van der Waals surface area contributed by atoms with Crippen LogP contribution in [0, 0.1) is 5.92 Å². The van der Waals surface area contributed by atoms with Crippen molar-refractivity contribution in [3.05, 3.63) is 0 Å². The molecule has 3 unspecified atom stereocenters. The van der Waals surface area contributed by atoms with Crippen molar-refractivity contribution in [3.63, 3.8) is 0 Å². The second-order valence-electron chi connectivity index (χ2n) is 2.48. The van der Waals surface area contributed by atoms with Crippen molar-refractivity contribution >= 4 is 0 Å². The average molecular weight is 132 g/mol. The summed E-state index contributed by atoms with van der Waals surface area (Å²) in [5, 5.41) is 17.6. The van der Waals surface area contributed by atoms with Gasteiger partial charge < -0.3 is 14.9 Å². The number of hydrogen-bond donors (Lipinski definition) is 2. The summed E-state index contributed by atoms with van der Waals surface area (Å²) in [4.78, 5) is 0. The van der Waals surface area contributed by atoms with E-state index >= 15 is 0 Å². The average Bonchev–Trinajstić information content (AvgIpc) is 1.61. The zero-order valence-electron chi connectivity index (χ0n) is 5.45. The molecule has 3 heteroatoms. The summed E-state index contributed by atoms with van der Waals surface area (Å²) >= 11 is 0. The van der Waals surface area contributed by atoms with Crippen LogP contribution in [0.5, 0.6) is 0 Å². The van der Waals surface area contributed by atoms with Crippen LogP contribution < -0.4 is 0 Å². The number of ether oxygens (including phenoxy) is 1. The van der Waals surface area contributed by atoms with Gasteiger partial charge in [-0.1, -0.05) is 0 Å². The Bertz CT molecular complexity index is 90.3. The molecule has 1 aliphatic heterocycles. The first-order chi connectivity index (χ1) is 4.25. The Morgan fingerprint density at radius 1 is 1.78 bits per heavy atom. The zero-order valence-corrected chi connectivity index (χ0v) is 5.45. The number of hydrogen-bond acceptors (Lipinski definition) is 3. The molecule has 54 valence electrons. The van der Waals surface area contributed by atoms with Gasteiger partial charge in [-0.2, -0.15) is 0 Å². The molecule has 0 aromatic rings. The molecular formula is C6H12O3. The van der Waals surface area contributed by atoms with Crippen molar-refractivity contribution in [1.82, 2.24) is 0 Å². The molecular weight excluding hydrogens is 120 g/mol. The van der Waals surface area contributed by atoms with Gasteiger partial charge in [-0.25, -0.2) is 0 Å². The molecule has 0 amide bonds. The van der Waals surface area contributed by atoms with Crippen molar-refractivity contribution < 1.29 is 14.9 Å². The van der Waals surface area contributed by atoms with E-state index in [9.17, 15) is 0 Å². The highest BCUT2D eigenvalue weighted by molar-refractivity contribution is 4.81. The van der Waals surface area contributed by atoms with E-state index in [0.717, 1.165) is 0 Å². The Morgan fingerprint density at radius 3 is 2.56 bits per heavy atom. The third kappa shape index (κ3) is 1.23. The lowest BCUT2D eigenvalue weighted by atomic mass is 9.95. The molecule has 0 spiro atoms. The predicted molar refractivity (Wildman–Crippen MR) is 32.0 cm³/mol. The van der Waals surface area contributed by atoms with Gasteiger partial charge in [0.05, 0.1) is 25.4 Å². The van der Waals surface area contributed by atoms with E-state index < -0.39 is 6.10 Å². The molecule has 1 rings (SSSR count). The molecule has 0 aliphatic carbocycles. The maximum absolute atomic E-state index is 8.94. The summed E-state index contributed by atoms with van der Waals surface area (Å²) in [6, 6.07) is 0. The topological polar surface area (TPSA) is 49.7 Å². The van der Waals surface area contributed by atoms with Gasteiger partial charge in [0.2, 0.25) is 0 Å². The van der Waals surface area contributed by atoms with Gasteiger partial charge in [-0.3, -0.25) is 0 Å². The Morgan fingerprint density at radius 2 is 2.44 bits per heavy atom. The Labute approximate surface area is 54.3 Å². The molecule has 9 heavy (non-hydrogen) atoms. The van der Waals surface area contributed by atoms with Gasteiger partial charge in [0, 0.05) is 5.92 Å². The largest absolute Gasteiger partial charge is 0.396 e. The minimum Gasteiger partial charge on any atom is -0.396 e.